The van der Waals surface area contributed by atoms with Gasteiger partial charge in [-0.25, -0.2) is 0 Å². The standard InChI is InChI=1S/C16H30N2O3/c1-16(2,3)21-15(19)12-18-10-6-14(7-11-18)20-13-4-8-17-9-5-13/h13-14,17H,4-12H2,1-3H3. The van der Waals surface area contributed by atoms with Crippen molar-refractivity contribution in [1.29, 1.82) is 0 Å². The van der Waals surface area contributed by atoms with Crippen LogP contribution in [0.25, 0.3) is 0 Å². The second-order valence-corrected chi connectivity index (χ2v) is 7.15. The van der Waals surface area contributed by atoms with Crippen LogP contribution in [0.2, 0.25) is 0 Å². The fourth-order valence-electron chi connectivity index (χ4n) is 2.96. The van der Waals surface area contributed by atoms with Crippen LogP contribution in [0.5, 0.6) is 0 Å². The molecule has 2 fully saturated rings. The molecular weight excluding hydrogens is 268 g/mol. The van der Waals surface area contributed by atoms with Gasteiger partial charge in [0.2, 0.25) is 0 Å². The molecule has 0 aliphatic carbocycles. The second-order valence-electron chi connectivity index (χ2n) is 7.15. The van der Waals surface area contributed by atoms with Crippen molar-refractivity contribution in [2.75, 3.05) is 32.7 Å². The first-order valence-electron chi connectivity index (χ1n) is 8.23. The van der Waals surface area contributed by atoms with Crippen molar-refractivity contribution in [3.63, 3.8) is 0 Å². The van der Waals surface area contributed by atoms with Crippen LogP contribution in [0.15, 0.2) is 0 Å². The van der Waals surface area contributed by atoms with Gasteiger partial charge in [0.15, 0.2) is 0 Å². The highest BCUT2D eigenvalue weighted by Gasteiger charge is 2.26. The Hall–Kier alpha value is -0.650. The average molecular weight is 298 g/mol. The highest BCUT2D eigenvalue weighted by Crippen LogP contribution is 2.19. The van der Waals surface area contributed by atoms with Gasteiger partial charge in [-0.1, -0.05) is 0 Å². The number of rotatable bonds is 4. The number of nitrogens with zero attached hydrogens (tertiary/aromatic N) is 1. The topological polar surface area (TPSA) is 50.8 Å². The van der Waals surface area contributed by atoms with Crippen molar-refractivity contribution in [2.45, 2.75) is 64.3 Å². The highest BCUT2D eigenvalue weighted by atomic mass is 16.6. The fraction of sp³-hybridized carbons (Fsp3) is 0.938. The van der Waals surface area contributed by atoms with E-state index in [1.807, 2.05) is 20.8 Å². The summed E-state index contributed by atoms with van der Waals surface area (Å²) in [5.74, 6) is -0.125. The molecule has 0 saturated carbocycles. The molecule has 2 aliphatic rings. The van der Waals surface area contributed by atoms with Crippen LogP contribution in [0.1, 0.15) is 46.5 Å². The summed E-state index contributed by atoms with van der Waals surface area (Å²) in [5, 5.41) is 3.36. The van der Waals surface area contributed by atoms with E-state index in [9.17, 15) is 4.79 Å². The van der Waals surface area contributed by atoms with Crippen molar-refractivity contribution in [3.05, 3.63) is 0 Å². The normalized spacial score (nSPS) is 23.2. The van der Waals surface area contributed by atoms with E-state index in [1.165, 1.54) is 0 Å². The Kier molecular flexibility index (Phi) is 6.02. The van der Waals surface area contributed by atoms with Crippen molar-refractivity contribution in [1.82, 2.24) is 10.2 Å². The van der Waals surface area contributed by atoms with E-state index in [2.05, 4.69) is 10.2 Å². The third-order valence-corrected chi connectivity index (χ3v) is 3.98. The van der Waals surface area contributed by atoms with Crippen LogP contribution in [-0.4, -0.2) is 61.4 Å². The monoisotopic (exact) mass is 298 g/mol. The Labute approximate surface area is 128 Å². The Morgan fingerprint density at radius 3 is 2.24 bits per heavy atom. The van der Waals surface area contributed by atoms with E-state index in [1.54, 1.807) is 0 Å². The van der Waals surface area contributed by atoms with Crippen molar-refractivity contribution in [3.8, 4) is 0 Å². The van der Waals surface area contributed by atoms with Crippen LogP contribution in [-0.2, 0) is 14.3 Å². The summed E-state index contributed by atoms with van der Waals surface area (Å²) in [6, 6.07) is 0. The first kappa shape index (κ1) is 16.7. The van der Waals surface area contributed by atoms with E-state index in [0.29, 0.717) is 18.8 Å². The smallest absolute Gasteiger partial charge is 0.320 e. The molecule has 2 saturated heterocycles. The van der Waals surface area contributed by atoms with Crippen LogP contribution in [0.3, 0.4) is 0 Å². The number of likely N-dealkylation sites (tertiary alicyclic amines) is 1. The largest absolute Gasteiger partial charge is 0.459 e. The minimum atomic E-state index is -0.395. The van der Waals surface area contributed by atoms with Crippen LogP contribution in [0.4, 0.5) is 0 Å². The molecule has 1 N–H and O–H groups in total. The number of carbonyl (C=O) groups excluding carboxylic acids is 1. The lowest BCUT2D eigenvalue weighted by Crippen LogP contribution is -2.43. The third-order valence-electron chi connectivity index (χ3n) is 3.98. The molecule has 21 heavy (non-hydrogen) atoms. The lowest BCUT2D eigenvalue weighted by molar-refractivity contribution is -0.157. The van der Waals surface area contributed by atoms with Crippen LogP contribution >= 0.6 is 0 Å². The van der Waals surface area contributed by atoms with Gasteiger partial charge in [-0.15, -0.1) is 0 Å². The quantitative estimate of drug-likeness (QED) is 0.798. The summed E-state index contributed by atoms with van der Waals surface area (Å²) in [5.41, 5.74) is -0.395. The molecule has 0 atom stereocenters. The molecule has 0 spiro atoms. The van der Waals surface area contributed by atoms with Crippen LogP contribution < -0.4 is 5.32 Å². The molecule has 0 amide bonds. The molecule has 5 nitrogen and oxygen atoms in total. The average Bonchev–Trinajstić information content (AvgIpc) is 2.40. The molecule has 0 aromatic rings. The number of hydrogen-bond donors (Lipinski definition) is 1. The maximum absolute atomic E-state index is 11.8. The molecule has 2 aliphatic heterocycles. The van der Waals surface area contributed by atoms with E-state index in [0.717, 1.165) is 51.9 Å². The molecular formula is C16H30N2O3. The van der Waals surface area contributed by atoms with E-state index in [-0.39, 0.29) is 5.97 Å². The number of esters is 1. The van der Waals surface area contributed by atoms with Gasteiger partial charge in [0, 0.05) is 13.1 Å². The van der Waals surface area contributed by atoms with Gasteiger partial charge in [0.1, 0.15) is 5.60 Å². The molecule has 0 radical (unpaired) electrons. The number of carbonyl (C=O) groups is 1. The van der Waals surface area contributed by atoms with Crippen molar-refractivity contribution in [2.24, 2.45) is 0 Å². The number of piperidine rings is 2. The van der Waals surface area contributed by atoms with Gasteiger partial charge in [0.25, 0.3) is 0 Å². The van der Waals surface area contributed by atoms with Gasteiger partial charge in [-0.2, -0.15) is 0 Å². The Morgan fingerprint density at radius 1 is 1.10 bits per heavy atom. The Bertz CT molecular complexity index is 327. The molecule has 0 bridgehead atoms. The minimum Gasteiger partial charge on any atom is -0.459 e. The molecule has 2 heterocycles. The Morgan fingerprint density at radius 2 is 1.67 bits per heavy atom. The molecule has 0 aromatic heterocycles. The zero-order valence-corrected chi connectivity index (χ0v) is 13.7. The maximum Gasteiger partial charge on any atom is 0.320 e. The van der Waals surface area contributed by atoms with E-state index >= 15 is 0 Å². The molecule has 0 unspecified atom stereocenters. The minimum absolute atomic E-state index is 0.125. The second kappa shape index (κ2) is 7.56. The van der Waals surface area contributed by atoms with Crippen LogP contribution in [0, 0.1) is 0 Å². The van der Waals surface area contributed by atoms with Gasteiger partial charge in [-0.3, -0.25) is 9.69 Å². The number of ether oxygens (including phenoxy) is 2. The first-order valence-corrected chi connectivity index (χ1v) is 8.23. The SMILES string of the molecule is CC(C)(C)OC(=O)CN1CCC(OC2CCNCC2)CC1. The van der Waals surface area contributed by atoms with Crippen molar-refractivity contribution >= 4 is 5.97 Å². The molecule has 0 aromatic carbocycles. The highest BCUT2D eigenvalue weighted by molar-refractivity contribution is 5.72. The Balaban J connectivity index is 1.64. The summed E-state index contributed by atoms with van der Waals surface area (Å²) in [6.45, 7) is 10.1. The lowest BCUT2D eigenvalue weighted by Gasteiger charge is -2.35. The summed E-state index contributed by atoms with van der Waals surface area (Å²) >= 11 is 0. The van der Waals surface area contributed by atoms with Gasteiger partial charge < -0.3 is 14.8 Å². The number of nitrogens with one attached hydrogen (secondary N) is 1. The predicted molar refractivity (Wildman–Crippen MR) is 82.3 cm³/mol. The predicted octanol–water partition coefficient (Wildman–Crippen LogP) is 1.56. The number of hydrogen-bond acceptors (Lipinski definition) is 5. The molecule has 5 heteroatoms. The molecule has 2 rings (SSSR count). The third kappa shape index (κ3) is 6.32. The summed E-state index contributed by atoms with van der Waals surface area (Å²) < 4.78 is 11.6. The summed E-state index contributed by atoms with van der Waals surface area (Å²) in [4.78, 5) is 14.0. The van der Waals surface area contributed by atoms with E-state index < -0.39 is 5.60 Å². The summed E-state index contributed by atoms with van der Waals surface area (Å²) in [7, 11) is 0. The zero-order valence-electron chi connectivity index (χ0n) is 13.7. The van der Waals surface area contributed by atoms with Gasteiger partial charge in [-0.05, 0) is 59.5 Å². The van der Waals surface area contributed by atoms with Gasteiger partial charge in [0.05, 0.1) is 18.8 Å². The zero-order chi connectivity index (χ0) is 15.3. The first-order chi connectivity index (χ1) is 9.92. The summed E-state index contributed by atoms with van der Waals surface area (Å²) in [6.07, 6.45) is 5.08. The van der Waals surface area contributed by atoms with Gasteiger partial charge >= 0.3 is 5.97 Å². The lowest BCUT2D eigenvalue weighted by atomic mass is 10.1. The fourth-order valence-corrected chi connectivity index (χ4v) is 2.96. The molecule has 122 valence electrons. The van der Waals surface area contributed by atoms with Crippen molar-refractivity contribution < 1.29 is 14.3 Å². The maximum atomic E-state index is 11.8. The van der Waals surface area contributed by atoms with E-state index in [4.69, 9.17) is 9.47 Å².